The Morgan fingerprint density at radius 1 is 1.37 bits per heavy atom. The van der Waals surface area contributed by atoms with Gasteiger partial charge in [-0.3, -0.25) is 4.79 Å². The molecule has 1 atom stereocenters. The molecule has 2 N–H and O–H groups in total. The first-order chi connectivity index (χ1) is 8.90. The minimum absolute atomic E-state index is 0.0566. The Morgan fingerprint density at radius 3 is 2.63 bits per heavy atom. The molecule has 1 unspecified atom stereocenters. The molecule has 0 radical (unpaired) electrons. The van der Waals surface area contributed by atoms with E-state index in [0.29, 0.717) is 13.0 Å². The summed E-state index contributed by atoms with van der Waals surface area (Å²) >= 11 is 0. The number of unbranched alkanes of at least 4 members (excludes halogenated alkanes) is 1. The van der Waals surface area contributed by atoms with Crippen LogP contribution in [0.15, 0.2) is 0 Å². The van der Waals surface area contributed by atoms with Gasteiger partial charge in [0, 0.05) is 13.0 Å². The number of hydrogen-bond acceptors (Lipinski definition) is 2. The second-order valence-corrected chi connectivity index (χ2v) is 5.19. The predicted octanol–water partition coefficient (Wildman–Crippen LogP) is 2.76. The van der Waals surface area contributed by atoms with E-state index in [2.05, 4.69) is 10.6 Å². The van der Waals surface area contributed by atoms with Crippen molar-refractivity contribution in [2.75, 3.05) is 13.1 Å². The van der Waals surface area contributed by atoms with E-state index in [-0.39, 0.29) is 12.3 Å². The maximum atomic E-state index is 12.1. The Labute approximate surface area is 112 Å². The molecule has 1 saturated heterocycles. The van der Waals surface area contributed by atoms with E-state index in [1.165, 1.54) is 0 Å². The first kappa shape index (κ1) is 16.3. The predicted molar refractivity (Wildman–Crippen MR) is 67.8 cm³/mol. The Bertz CT molecular complexity index is 286. The average Bonchev–Trinajstić information content (AvgIpc) is 2.77. The molecule has 6 heteroatoms. The molecule has 1 fully saturated rings. The number of halogens is 3. The van der Waals surface area contributed by atoms with Gasteiger partial charge >= 0.3 is 6.18 Å². The Kier molecular flexibility index (Phi) is 6.10. The zero-order valence-corrected chi connectivity index (χ0v) is 11.4. The fraction of sp³-hybridized carbons (Fsp3) is 0.923. The standard InChI is InChI=1S/C13H23F3N2O/c1-2-6-12(7-5-10-18-12)11(19)17-9-4-3-8-13(14,15)16/h18H,2-10H2,1H3,(H,17,19). The van der Waals surface area contributed by atoms with E-state index in [4.69, 9.17) is 0 Å². The molecule has 1 aliphatic rings. The van der Waals surface area contributed by atoms with E-state index >= 15 is 0 Å². The zero-order valence-electron chi connectivity index (χ0n) is 11.4. The third-order valence-electron chi connectivity index (χ3n) is 3.53. The maximum Gasteiger partial charge on any atom is 0.389 e. The van der Waals surface area contributed by atoms with Crippen LogP contribution in [0.25, 0.3) is 0 Å². The van der Waals surface area contributed by atoms with Crippen LogP contribution in [0.4, 0.5) is 13.2 Å². The number of carbonyl (C=O) groups is 1. The largest absolute Gasteiger partial charge is 0.389 e. The van der Waals surface area contributed by atoms with Gasteiger partial charge in [-0.25, -0.2) is 0 Å². The lowest BCUT2D eigenvalue weighted by Gasteiger charge is -2.27. The van der Waals surface area contributed by atoms with Crippen LogP contribution < -0.4 is 10.6 Å². The normalized spacial score (nSPS) is 23.6. The van der Waals surface area contributed by atoms with Crippen LogP contribution >= 0.6 is 0 Å². The highest BCUT2D eigenvalue weighted by Gasteiger charge is 2.39. The van der Waals surface area contributed by atoms with Crippen molar-refractivity contribution in [3.63, 3.8) is 0 Å². The van der Waals surface area contributed by atoms with Crippen molar-refractivity contribution in [2.24, 2.45) is 0 Å². The van der Waals surface area contributed by atoms with Gasteiger partial charge < -0.3 is 10.6 Å². The van der Waals surface area contributed by atoms with Gasteiger partial charge in [-0.1, -0.05) is 13.3 Å². The topological polar surface area (TPSA) is 41.1 Å². The highest BCUT2D eigenvalue weighted by molar-refractivity contribution is 5.86. The fourth-order valence-corrected chi connectivity index (χ4v) is 2.58. The van der Waals surface area contributed by atoms with Crippen molar-refractivity contribution >= 4 is 5.91 Å². The molecule has 3 nitrogen and oxygen atoms in total. The highest BCUT2D eigenvalue weighted by Crippen LogP contribution is 2.25. The van der Waals surface area contributed by atoms with Crippen LogP contribution in [0.2, 0.25) is 0 Å². The number of rotatable bonds is 7. The SMILES string of the molecule is CCCC1(C(=O)NCCCCC(F)(F)F)CCCN1. The highest BCUT2D eigenvalue weighted by atomic mass is 19.4. The van der Waals surface area contributed by atoms with E-state index in [1.54, 1.807) is 0 Å². The minimum Gasteiger partial charge on any atom is -0.354 e. The third-order valence-corrected chi connectivity index (χ3v) is 3.53. The summed E-state index contributed by atoms with van der Waals surface area (Å²) in [5.41, 5.74) is -0.487. The minimum atomic E-state index is -4.10. The van der Waals surface area contributed by atoms with Crippen LogP contribution in [0, 0.1) is 0 Å². The summed E-state index contributed by atoms with van der Waals surface area (Å²) in [5, 5.41) is 6.01. The molecule has 0 aromatic heterocycles. The molecule has 0 aromatic rings. The summed E-state index contributed by atoms with van der Waals surface area (Å²) in [4.78, 5) is 12.1. The van der Waals surface area contributed by atoms with Gasteiger partial charge in [0.2, 0.25) is 5.91 Å². The Hall–Kier alpha value is -0.780. The summed E-state index contributed by atoms with van der Waals surface area (Å²) in [7, 11) is 0. The van der Waals surface area contributed by atoms with Crippen molar-refractivity contribution < 1.29 is 18.0 Å². The van der Waals surface area contributed by atoms with Crippen molar-refractivity contribution in [3.05, 3.63) is 0 Å². The van der Waals surface area contributed by atoms with Gasteiger partial charge in [0.25, 0.3) is 0 Å². The van der Waals surface area contributed by atoms with Gasteiger partial charge in [-0.15, -0.1) is 0 Å². The molecule has 1 aliphatic heterocycles. The zero-order chi connectivity index (χ0) is 14.4. The van der Waals surface area contributed by atoms with Gasteiger partial charge in [0.1, 0.15) is 0 Å². The molecule has 1 amide bonds. The van der Waals surface area contributed by atoms with Crippen molar-refractivity contribution in [3.8, 4) is 0 Å². The van der Waals surface area contributed by atoms with E-state index in [0.717, 1.165) is 32.2 Å². The molecule has 1 heterocycles. The van der Waals surface area contributed by atoms with Crippen molar-refractivity contribution in [1.29, 1.82) is 0 Å². The van der Waals surface area contributed by atoms with Crippen LogP contribution in [-0.4, -0.2) is 30.7 Å². The summed E-state index contributed by atoms with van der Waals surface area (Å²) in [5.74, 6) is -0.0566. The lowest BCUT2D eigenvalue weighted by Crippen LogP contribution is -2.53. The Morgan fingerprint density at radius 2 is 2.11 bits per heavy atom. The molecule has 0 saturated carbocycles. The maximum absolute atomic E-state index is 12.1. The van der Waals surface area contributed by atoms with Crippen LogP contribution in [-0.2, 0) is 4.79 Å². The summed E-state index contributed by atoms with van der Waals surface area (Å²) in [6.45, 7) is 3.18. The number of amides is 1. The van der Waals surface area contributed by atoms with E-state index < -0.39 is 18.1 Å². The molecule has 19 heavy (non-hydrogen) atoms. The first-order valence-electron chi connectivity index (χ1n) is 7.00. The lowest BCUT2D eigenvalue weighted by molar-refractivity contribution is -0.135. The first-order valence-corrected chi connectivity index (χ1v) is 7.00. The Balaban J connectivity index is 2.26. The van der Waals surface area contributed by atoms with Crippen LogP contribution in [0.1, 0.15) is 51.9 Å². The molecular weight excluding hydrogens is 257 g/mol. The van der Waals surface area contributed by atoms with Gasteiger partial charge in [0.05, 0.1) is 5.54 Å². The molecule has 0 bridgehead atoms. The molecule has 0 spiro atoms. The summed E-state index contributed by atoms with van der Waals surface area (Å²) in [6.07, 6.45) is -0.959. The molecule has 0 aliphatic carbocycles. The quantitative estimate of drug-likeness (QED) is 0.704. The fourth-order valence-electron chi connectivity index (χ4n) is 2.58. The summed E-state index contributed by atoms with van der Waals surface area (Å²) < 4.78 is 35.9. The molecule has 1 rings (SSSR count). The number of nitrogens with one attached hydrogen (secondary N) is 2. The van der Waals surface area contributed by atoms with Crippen molar-refractivity contribution in [2.45, 2.75) is 63.6 Å². The summed E-state index contributed by atoms with van der Waals surface area (Å²) in [6, 6.07) is 0. The van der Waals surface area contributed by atoms with Gasteiger partial charge in [0.15, 0.2) is 0 Å². The third kappa shape index (κ3) is 5.38. The average molecular weight is 280 g/mol. The second-order valence-electron chi connectivity index (χ2n) is 5.19. The monoisotopic (exact) mass is 280 g/mol. The lowest BCUT2D eigenvalue weighted by atomic mass is 9.91. The molecular formula is C13H23F3N2O. The number of carbonyl (C=O) groups excluding carboxylic acids is 1. The van der Waals surface area contributed by atoms with Gasteiger partial charge in [-0.05, 0) is 38.6 Å². The molecule has 0 aromatic carbocycles. The van der Waals surface area contributed by atoms with Crippen LogP contribution in [0.3, 0.4) is 0 Å². The number of alkyl halides is 3. The van der Waals surface area contributed by atoms with E-state index in [9.17, 15) is 18.0 Å². The van der Waals surface area contributed by atoms with Crippen LogP contribution in [0.5, 0.6) is 0 Å². The van der Waals surface area contributed by atoms with Gasteiger partial charge in [-0.2, -0.15) is 13.2 Å². The number of hydrogen-bond donors (Lipinski definition) is 2. The van der Waals surface area contributed by atoms with Crippen molar-refractivity contribution in [1.82, 2.24) is 10.6 Å². The smallest absolute Gasteiger partial charge is 0.354 e. The second kappa shape index (κ2) is 7.12. The molecule has 112 valence electrons. The van der Waals surface area contributed by atoms with E-state index in [1.807, 2.05) is 6.92 Å².